The second-order valence-electron chi connectivity index (χ2n) is 2.48. The molecule has 0 aromatic heterocycles. The molecule has 0 saturated heterocycles. The summed E-state index contributed by atoms with van der Waals surface area (Å²) in [5, 5.41) is 9.32. The van der Waals surface area contributed by atoms with Crippen molar-refractivity contribution in [1.82, 2.24) is 0 Å². The van der Waals surface area contributed by atoms with Crippen LogP contribution in [0.2, 0.25) is 0 Å². The predicted octanol–water partition coefficient (Wildman–Crippen LogP) is 1.79. The Morgan fingerprint density at radius 3 is 2.42 bits per heavy atom. The Hall–Kier alpha value is -1.02. The smallest absolute Gasteiger partial charge is 0.246 e. The van der Waals surface area contributed by atoms with Crippen LogP contribution in [0, 0.1) is 0 Å². The van der Waals surface area contributed by atoms with Crippen molar-refractivity contribution >= 4 is 17.6 Å². The highest BCUT2D eigenvalue weighted by Gasteiger charge is 2.15. The van der Waals surface area contributed by atoms with E-state index >= 15 is 0 Å². The van der Waals surface area contributed by atoms with Crippen LogP contribution in [0.15, 0.2) is 30.3 Å². The molecule has 1 unspecified atom stereocenters. The molecule has 1 radical (unpaired) electrons. The number of hydrogen-bond donors (Lipinski definition) is 0. The molecule has 0 N–H and O–H groups in total. The molecule has 1 aromatic rings. The van der Waals surface area contributed by atoms with Gasteiger partial charge in [0.05, 0.1) is 0 Å². The van der Waals surface area contributed by atoms with Crippen molar-refractivity contribution in [2.45, 2.75) is 11.8 Å². The van der Waals surface area contributed by atoms with Crippen molar-refractivity contribution < 1.29 is 9.90 Å². The molecule has 0 fully saturated rings. The fourth-order valence-electron chi connectivity index (χ4n) is 0.904. The molecule has 2 nitrogen and oxygen atoms in total. The van der Waals surface area contributed by atoms with Gasteiger partial charge in [-0.05, 0) is 12.0 Å². The molecule has 3 heteroatoms. The largest absolute Gasteiger partial charge is 0.373 e. The fraction of sp³-hybridized carbons (Fsp3) is 0.222. The fourth-order valence-corrected chi connectivity index (χ4v) is 1.08. The van der Waals surface area contributed by atoms with E-state index < -0.39 is 11.3 Å². The van der Waals surface area contributed by atoms with Gasteiger partial charge >= 0.3 is 5.97 Å². The van der Waals surface area contributed by atoms with Crippen molar-refractivity contribution in [3.05, 3.63) is 35.9 Å². The number of hydrogen-bond acceptors (Lipinski definition) is 1. The first-order valence-corrected chi connectivity index (χ1v) is 4.02. The number of rotatable bonds is 3. The zero-order chi connectivity index (χ0) is 8.97. The molecule has 1 rings (SSSR count). The van der Waals surface area contributed by atoms with Gasteiger partial charge in [0.1, 0.15) is 5.38 Å². The summed E-state index contributed by atoms with van der Waals surface area (Å²) in [6.45, 7) is 0. The molecule has 0 aliphatic rings. The molecule has 1 aromatic carbocycles. The minimum Gasteiger partial charge on any atom is -0.246 e. The summed E-state index contributed by atoms with van der Waals surface area (Å²) in [6, 6.07) is 9.21. The molecule has 0 amide bonds. The quantitative estimate of drug-likeness (QED) is 0.659. The highest BCUT2D eigenvalue weighted by atomic mass is 35.5. The number of benzene rings is 1. The lowest BCUT2D eigenvalue weighted by molar-refractivity contribution is -0.142. The lowest BCUT2D eigenvalue weighted by atomic mass is 10.1. The standard InChI is InChI=1S/C9H8ClO2/c10-8(9(11)12)6-7-4-2-1-3-5-7/h1-5,8H,6H2. The monoisotopic (exact) mass is 183 g/mol. The lowest BCUT2D eigenvalue weighted by Crippen LogP contribution is -2.14. The van der Waals surface area contributed by atoms with Crippen molar-refractivity contribution in [3.63, 3.8) is 0 Å². The summed E-state index contributed by atoms with van der Waals surface area (Å²) >= 11 is 5.49. The number of halogens is 1. The van der Waals surface area contributed by atoms with E-state index in [2.05, 4.69) is 0 Å². The Labute approximate surface area is 75.8 Å². The predicted molar refractivity (Wildman–Crippen MR) is 45.5 cm³/mol. The molecule has 0 aliphatic carbocycles. The first-order valence-electron chi connectivity index (χ1n) is 3.59. The van der Waals surface area contributed by atoms with Crippen molar-refractivity contribution in [3.8, 4) is 0 Å². The maximum Gasteiger partial charge on any atom is 0.373 e. The first-order chi connectivity index (χ1) is 5.70. The Morgan fingerprint density at radius 1 is 1.33 bits per heavy atom. The van der Waals surface area contributed by atoms with E-state index in [0.29, 0.717) is 6.42 Å². The second kappa shape index (κ2) is 4.12. The summed E-state index contributed by atoms with van der Waals surface area (Å²) < 4.78 is 0. The van der Waals surface area contributed by atoms with Crippen LogP contribution >= 0.6 is 11.6 Å². The normalized spacial score (nSPS) is 12.4. The van der Waals surface area contributed by atoms with Crippen molar-refractivity contribution in [1.29, 1.82) is 0 Å². The topological polar surface area (TPSA) is 37.0 Å². The molecular weight excluding hydrogens is 176 g/mol. The third-order valence-corrected chi connectivity index (χ3v) is 1.85. The molecule has 0 saturated carbocycles. The van der Waals surface area contributed by atoms with Crippen LogP contribution in [0.1, 0.15) is 5.56 Å². The Balaban J connectivity index is 2.58. The number of alkyl halides is 1. The summed E-state index contributed by atoms with van der Waals surface area (Å²) in [6.07, 6.45) is 0.310. The lowest BCUT2D eigenvalue weighted by Gasteiger charge is -2.01. The van der Waals surface area contributed by atoms with Gasteiger partial charge in [-0.25, -0.2) is 9.90 Å². The van der Waals surface area contributed by atoms with E-state index in [4.69, 9.17) is 11.6 Å². The average molecular weight is 184 g/mol. The summed E-state index contributed by atoms with van der Waals surface area (Å²) in [5.74, 6) is -1.22. The summed E-state index contributed by atoms with van der Waals surface area (Å²) in [5.41, 5.74) is 0.904. The molecule has 63 valence electrons. The second-order valence-corrected chi connectivity index (χ2v) is 3.00. The van der Waals surface area contributed by atoms with Crippen LogP contribution in [0.5, 0.6) is 0 Å². The van der Waals surface area contributed by atoms with Crippen LogP contribution in [0.3, 0.4) is 0 Å². The van der Waals surface area contributed by atoms with E-state index in [-0.39, 0.29) is 0 Å². The van der Waals surface area contributed by atoms with Gasteiger partial charge in [-0.2, -0.15) is 0 Å². The Kier molecular flexibility index (Phi) is 3.11. The van der Waals surface area contributed by atoms with Crippen LogP contribution in [-0.4, -0.2) is 11.3 Å². The van der Waals surface area contributed by atoms with Crippen molar-refractivity contribution in [2.24, 2.45) is 0 Å². The van der Waals surface area contributed by atoms with Gasteiger partial charge in [0.2, 0.25) is 0 Å². The molecule has 0 aliphatic heterocycles. The van der Waals surface area contributed by atoms with Gasteiger partial charge in [-0.1, -0.05) is 30.3 Å². The molecule has 0 spiro atoms. The van der Waals surface area contributed by atoms with Crippen LogP contribution in [0.4, 0.5) is 0 Å². The van der Waals surface area contributed by atoms with E-state index in [0.717, 1.165) is 5.56 Å². The zero-order valence-electron chi connectivity index (χ0n) is 6.37. The molecule has 1 atom stereocenters. The third-order valence-electron chi connectivity index (χ3n) is 1.51. The average Bonchev–Trinajstić information content (AvgIpc) is 2.06. The van der Waals surface area contributed by atoms with Crippen LogP contribution in [-0.2, 0) is 16.3 Å². The third kappa shape index (κ3) is 2.55. The van der Waals surface area contributed by atoms with Crippen LogP contribution in [0.25, 0.3) is 0 Å². The highest BCUT2D eigenvalue weighted by Crippen LogP contribution is 2.07. The zero-order valence-corrected chi connectivity index (χ0v) is 7.12. The molecule has 0 heterocycles. The minimum atomic E-state index is -1.22. The van der Waals surface area contributed by atoms with E-state index in [1.54, 1.807) is 0 Å². The molecular formula is C9H8ClO2. The van der Waals surface area contributed by atoms with Gasteiger partial charge in [0.15, 0.2) is 0 Å². The summed E-state index contributed by atoms with van der Waals surface area (Å²) in [7, 11) is 0. The van der Waals surface area contributed by atoms with Gasteiger partial charge in [-0.15, -0.1) is 11.6 Å². The van der Waals surface area contributed by atoms with Gasteiger partial charge < -0.3 is 0 Å². The minimum absolute atomic E-state index is 0.310. The maximum atomic E-state index is 10.3. The molecule has 0 bridgehead atoms. The first kappa shape index (κ1) is 9.07. The SMILES string of the molecule is [O]C(=O)C(Cl)Cc1ccccc1. The van der Waals surface area contributed by atoms with E-state index in [1.807, 2.05) is 30.3 Å². The maximum absolute atomic E-state index is 10.3. The number of carbonyl (C=O) groups excluding carboxylic acids is 1. The van der Waals surface area contributed by atoms with Crippen molar-refractivity contribution in [2.75, 3.05) is 0 Å². The van der Waals surface area contributed by atoms with E-state index in [9.17, 15) is 9.90 Å². The molecule has 12 heavy (non-hydrogen) atoms. The highest BCUT2D eigenvalue weighted by molar-refractivity contribution is 6.29. The Morgan fingerprint density at radius 2 is 1.92 bits per heavy atom. The van der Waals surface area contributed by atoms with Gasteiger partial charge in [0, 0.05) is 0 Å². The number of carbonyl (C=O) groups is 1. The van der Waals surface area contributed by atoms with Gasteiger partial charge in [-0.3, -0.25) is 0 Å². The van der Waals surface area contributed by atoms with Crippen LogP contribution < -0.4 is 0 Å². The summed E-state index contributed by atoms with van der Waals surface area (Å²) in [4.78, 5) is 10.3. The van der Waals surface area contributed by atoms with Gasteiger partial charge in [0.25, 0.3) is 0 Å². The van der Waals surface area contributed by atoms with E-state index in [1.165, 1.54) is 0 Å². The Bertz CT molecular complexity index is 258.